The third-order valence-corrected chi connectivity index (χ3v) is 3.93. The summed E-state index contributed by atoms with van der Waals surface area (Å²) in [5.41, 5.74) is 2.24. The zero-order valence-corrected chi connectivity index (χ0v) is 13.7. The van der Waals surface area contributed by atoms with E-state index in [0.29, 0.717) is 20.7 Å². The predicted octanol–water partition coefficient (Wildman–Crippen LogP) is 3.49. The van der Waals surface area contributed by atoms with E-state index in [1.54, 1.807) is 12.1 Å². The van der Waals surface area contributed by atoms with Gasteiger partial charge < -0.3 is 4.74 Å². The molecule has 1 aromatic heterocycles. The molecule has 1 aromatic carbocycles. The van der Waals surface area contributed by atoms with Gasteiger partial charge in [-0.25, -0.2) is 5.43 Å². The summed E-state index contributed by atoms with van der Waals surface area (Å²) in [6, 6.07) is 7.52. The van der Waals surface area contributed by atoms with Crippen LogP contribution in [-0.2, 0) is 4.79 Å². The highest BCUT2D eigenvalue weighted by Crippen LogP contribution is 2.27. The fourth-order valence-electron chi connectivity index (χ4n) is 1.45. The summed E-state index contributed by atoms with van der Waals surface area (Å²) in [7, 11) is 0. The van der Waals surface area contributed by atoms with Crippen LogP contribution in [0.25, 0.3) is 0 Å². The monoisotopic (exact) mass is 373 g/mol. The lowest BCUT2D eigenvalue weighted by Crippen LogP contribution is -2.24. The number of thiophene rings is 1. The highest BCUT2D eigenvalue weighted by atomic mass is 35.5. The topological polar surface area (TPSA) is 93.8 Å². The highest BCUT2D eigenvalue weighted by molar-refractivity contribution is 7.16. The number of nitro groups is 1. The van der Waals surface area contributed by atoms with Crippen LogP contribution in [0.4, 0.5) is 5.00 Å². The van der Waals surface area contributed by atoms with E-state index in [9.17, 15) is 14.9 Å². The number of nitrogens with one attached hydrogen (secondary N) is 1. The predicted molar refractivity (Wildman–Crippen MR) is 88.7 cm³/mol. The Balaban J connectivity index is 1.82. The quantitative estimate of drug-likeness (QED) is 0.476. The number of hydrogen-bond donors (Lipinski definition) is 1. The maximum Gasteiger partial charge on any atom is 0.324 e. The van der Waals surface area contributed by atoms with Crippen LogP contribution in [0.5, 0.6) is 5.75 Å². The molecular formula is C13H9Cl2N3O4S. The number of carbonyl (C=O) groups is 1. The first kappa shape index (κ1) is 17.2. The first-order valence-corrected chi connectivity index (χ1v) is 7.67. The lowest BCUT2D eigenvalue weighted by Gasteiger charge is -2.06. The second-order valence-electron chi connectivity index (χ2n) is 4.09. The molecule has 2 aromatic rings. The molecule has 0 atom stereocenters. The summed E-state index contributed by atoms with van der Waals surface area (Å²) in [6.45, 7) is -0.288. The van der Waals surface area contributed by atoms with Crippen LogP contribution in [0.3, 0.4) is 0 Å². The minimum Gasteiger partial charge on any atom is -0.482 e. The largest absolute Gasteiger partial charge is 0.482 e. The number of amides is 1. The van der Waals surface area contributed by atoms with Crippen molar-refractivity contribution in [2.45, 2.75) is 0 Å². The molecule has 0 aliphatic rings. The first-order valence-electron chi connectivity index (χ1n) is 6.09. The molecule has 0 fully saturated rings. The molecule has 0 aliphatic carbocycles. The van der Waals surface area contributed by atoms with Crippen molar-refractivity contribution in [3.05, 3.63) is 55.4 Å². The Morgan fingerprint density at radius 2 is 2.17 bits per heavy atom. The van der Waals surface area contributed by atoms with Crippen LogP contribution >= 0.6 is 34.5 Å². The average Bonchev–Trinajstić information content (AvgIpc) is 2.95. The molecule has 0 spiro atoms. The zero-order valence-electron chi connectivity index (χ0n) is 11.4. The molecule has 23 heavy (non-hydrogen) atoms. The van der Waals surface area contributed by atoms with Gasteiger partial charge in [-0.1, -0.05) is 34.5 Å². The summed E-state index contributed by atoms with van der Waals surface area (Å²) in [5.74, 6) is -0.178. The third kappa shape index (κ3) is 5.20. The van der Waals surface area contributed by atoms with E-state index >= 15 is 0 Å². The zero-order chi connectivity index (χ0) is 16.8. The summed E-state index contributed by atoms with van der Waals surface area (Å²) in [6.07, 6.45) is 1.31. The van der Waals surface area contributed by atoms with Crippen molar-refractivity contribution in [3.63, 3.8) is 0 Å². The SMILES string of the molecule is O=C(COc1ccc(Cl)cc1Cl)N/N=C\c1ccc([N+](=O)[O-])s1. The van der Waals surface area contributed by atoms with Crippen molar-refractivity contribution in [1.29, 1.82) is 0 Å². The van der Waals surface area contributed by atoms with Crippen molar-refractivity contribution >= 4 is 51.7 Å². The van der Waals surface area contributed by atoms with Crippen LogP contribution in [0.15, 0.2) is 35.4 Å². The second-order valence-corrected chi connectivity index (χ2v) is 6.03. The van der Waals surface area contributed by atoms with Gasteiger partial charge >= 0.3 is 5.00 Å². The summed E-state index contributed by atoms with van der Waals surface area (Å²) >= 11 is 12.6. The molecular weight excluding hydrogens is 365 g/mol. The van der Waals surface area contributed by atoms with E-state index in [-0.39, 0.29) is 11.6 Å². The minimum atomic E-state index is -0.502. The van der Waals surface area contributed by atoms with Gasteiger partial charge in [0.25, 0.3) is 5.91 Å². The molecule has 0 bridgehead atoms. The standard InChI is InChI=1S/C13H9Cl2N3O4S/c14-8-1-3-11(10(15)5-8)22-7-12(19)17-16-6-9-2-4-13(23-9)18(20)21/h1-6H,7H2,(H,17,19)/b16-6-. The molecule has 1 heterocycles. The lowest BCUT2D eigenvalue weighted by atomic mass is 10.3. The molecule has 0 radical (unpaired) electrons. The van der Waals surface area contributed by atoms with Crippen LogP contribution in [0.2, 0.25) is 10.0 Å². The Morgan fingerprint density at radius 3 is 2.83 bits per heavy atom. The molecule has 0 aliphatic heterocycles. The van der Waals surface area contributed by atoms with Crippen LogP contribution in [0.1, 0.15) is 4.88 Å². The Bertz CT molecular complexity index is 763. The van der Waals surface area contributed by atoms with E-state index in [2.05, 4.69) is 10.5 Å². The van der Waals surface area contributed by atoms with Crippen LogP contribution in [0, 0.1) is 10.1 Å². The van der Waals surface area contributed by atoms with Gasteiger partial charge in [0.15, 0.2) is 6.61 Å². The maximum absolute atomic E-state index is 11.6. The maximum atomic E-state index is 11.6. The summed E-state index contributed by atoms with van der Waals surface area (Å²) in [4.78, 5) is 22.1. The normalized spacial score (nSPS) is 10.7. The molecule has 1 amide bonds. The van der Waals surface area contributed by atoms with Crippen molar-refractivity contribution in [2.24, 2.45) is 5.10 Å². The molecule has 1 N–H and O–H groups in total. The molecule has 2 rings (SSSR count). The van der Waals surface area contributed by atoms with Gasteiger partial charge in [-0.3, -0.25) is 14.9 Å². The summed E-state index contributed by atoms with van der Waals surface area (Å²) in [5, 5.41) is 15.0. The first-order chi connectivity index (χ1) is 11.0. The highest BCUT2D eigenvalue weighted by Gasteiger charge is 2.08. The Labute approximate surface area is 144 Å². The van der Waals surface area contributed by atoms with E-state index in [0.717, 1.165) is 11.3 Å². The van der Waals surface area contributed by atoms with Gasteiger partial charge in [-0.2, -0.15) is 5.10 Å². The fraction of sp³-hybridized carbons (Fsp3) is 0.0769. The molecule has 7 nitrogen and oxygen atoms in total. The van der Waals surface area contributed by atoms with Gasteiger partial charge in [0.2, 0.25) is 0 Å². The average molecular weight is 374 g/mol. The Morgan fingerprint density at radius 1 is 1.39 bits per heavy atom. The Hall–Kier alpha value is -2.16. The molecule has 0 saturated carbocycles. The fourth-order valence-corrected chi connectivity index (χ4v) is 2.60. The number of ether oxygens (including phenoxy) is 1. The smallest absolute Gasteiger partial charge is 0.324 e. The van der Waals surface area contributed by atoms with Gasteiger partial charge in [-0.15, -0.1) is 0 Å². The molecule has 0 saturated heterocycles. The molecule has 10 heteroatoms. The van der Waals surface area contributed by atoms with Gasteiger partial charge in [0.1, 0.15) is 5.75 Å². The van der Waals surface area contributed by atoms with Gasteiger partial charge in [0, 0.05) is 11.1 Å². The van der Waals surface area contributed by atoms with Crippen molar-refractivity contribution in [1.82, 2.24) is 5.43 Å². The van der Waals surface area contributed by atoms with Crippen molar-refractivity contribution in [2.75, 3.05) is 6.61 Å². The van der Waals surface area contributed by atoms with E-state index < -0.39 is 10.8 Å². The molecule has 0 unspecified atom stereocenters. The van der Waals surface area contributed by atoms with Crippen LogP contribution in [-0.4, -0.2) is 23.7 Å². The number of hydrazone groups is 1. The van der Waals surface area contributed by atoms with Gasteiger partial charge in [0.05, 0.1) is 21.0 Å². The van der Waals surface area contributed by atoms with E-state index in [1.165, 1.54) is 24.4 Å². The number of nitrogens with zero attached hydrogens (tertiary/aromatic N) is 2. The summed E-state index contributed by atoms with van der Waals surface area (Å²) < 4.78 is 5.23. The van der Waals surface area contributed by atoms with E-state index in [1.807, 2.05) is 0 Å². The lowest BCUT2D eigenvalue weighted by molar-refractivity contribution is -0.380. The minimum absolute atomic E-state index is 0.00140. The van der Waals surface area contributed by atoms with Crippen molar-refractivity contribution < 1.29 is 14.5 Å². The number of halogens is 2. The van der Waals surface area contributed by atoms with Gasteiger partial charge in [-0.05, 0) is 24.3 Å². The van der Waals surface area contributed by atoms with Crippen LogP contribution < -0.4 is 10.2 Å². The second kappa shape index (κ2) is 7.91. The Kier molecular flexibility index (Phi) is 5.91. The number of rotatable bonds is 6. The number of carbonyl (C=O) groups excluding carboxylic acids is 1. The molecule has 120 valence electrons. The van der Waals surface area contributed by atoms with Crippen molar-refractivity contribution in [3.8, 4) is 5.75 Å². The van der Waals surface area contributed by atoms with E-state index in [4.69, 9.17) is 27.9 Å². The third-order valence-electron chi connectivity index (χ3n) is 2.43. The number of benzene rings is 1. The number of hydrogen-bond acceptors (Lipinski definition) is 6.